The zero-order valence-corrected chi connectivity index (χ0v) is 25.8. The molecule has 2 bridgehead atoms. The van der Waals surface area contributed by atoms with E-state index in [0.29, 0.717) is 13.1 Å². The zero-order valence-electron chi connectivity index (χ0n) is 25.0. The zero-order chi connectivity index (χ0) is 34.6. The molecule has 0 saturated carbocycles. The molecule has 4 heterocycles. The third-order valence-electron chi connectivity index (χ3n) is 8.57. The molecule has 46 heavy (non-hydrogen) atoms. The molecule has 0 aromatic rings. The van der Waals surface area contributed by atoms with Crippen LogP contribution in [-0.4, -0.2) is 191 Å². The monoisotopic (exact) mass is 695 g/mol. The van der Waals surface area contributed by atoms with Gasteiger partial charge in [-0.2, -0.15) is 0 Å². The third-order valence-corrected chi connectivity index (χ3v) is 10.0. The molecule has 16 atom stereocenters. The van der Waals surface area contributed by atoms with Crippen LogP contribution < -0.4 is 0 Å². The Labute approximate surface area is 261 Å². The fraction of sp³-hybridized carbons (Fsp3) is 0.958. The lowest BCUT2D eigenvalue weighted by atomic mass is 9.87. The van der Waals surface area contributed by atoms with Crippen molar-refractivity contribution in [1.29, 1.82) is 0 Å². The van der Waals surface area contributed by atoms with Gasteiger partial charge < -0.3 is 75.1 Å². The fourth-order valence-corrected chi connectivity index (χ4v) is 7.46. The van der Waals surface area contributed by atoms with E-state index < -0.39 is 124 Å². The standard InChI is InChI=1S/C24H42NO20P/c1-4-25(5-2)9(3)19(34)23(36)24(37)22(35,43-46(38,44-23)45-24)12(27)8-40-21-18(33)16(31)14(29)11(42-21)7-39-20-17(32)15(30)13(28)10(6-26)41-20/h9-18,20-21,26-33,35-37H,4-8H2,1-3H3/t9?,10-,11-,12-,13-,14-,15+,16+,17-,18-,20+,21+,22-,23-,24+,46?/m1/s1. The molecule has 268 valence electrons. The molecule has 0 radical (unpaired) electrons. The SMILES string of the molecule is CCN(CC)C(C)C(=O)[C@@]1(O)OP2(=O)O[C@@]1(O)[C@@](O)([C@H](O)CO[C@H]1O[C@H](CO[C@H]3O[C@H](CO)[C@@H](O)[C@H](O)[C@H]3O)[C@@H](O)[C@H](O)[C@H]1O)O2. The molecule has 11 N–H and O–H groups in total. The van der Waals surface area contributed by atoms with Crippen molar-refractivity contribution in [3.8, 4) is 0 Å². The van der Waals surface area contributed by atoms with E-state index in [1.54, 1.807) is 13.8 Å². The van der Waals surface area contributed by atoms with Crippen molar-refractivity contribution in [3.63, 3.8) is 0 Å². The van der Waals surface area contributed by atoms with Crippen molar-refractivity contribution in [3.05, 3.63) is 0 Å². The second kappa shape index (κ2) is 13.8. The summed E-state index contributed by atoms with van der Waals surface area (Å²) in [7, 11) is -5.08. The van der Waals surface area contributed by atoms with Crippen LogP contribution in [0.25, 0.3) is 0 Å². The van der Waals surface area contributed by atoms with Gasteiger partial charge in [-0.15, -0.1) is 0 Å². The normalized spacial score (nSPS) is 48.9. The summed E-state index contributed by atoms with van der Waals surface area (Å²) in [5, 5.41) is 115. The highest BCUT2D eigenvalue weighted by Gasteiger charge is 2.87. The number of carbonyl (C=O) groups is 1. The first-order chi connectivity index (χ1) is 21.3. The maximum absolute atomic E-state index is 13.3. The van der Waals surface area contributed by atoms with Crippen molar-refractivity contribution >= 4 is 13.6 Å². The molecule has 4 rings (SSSR count). The highest BCUT2D eigenvalue weighted by molar-refractivity contribution is 7.49. The minimum atomic E-state index is -5.08. The Bertz CT molecular complexity index is 1130. The molecule has 0 aliphatic carbocycles. The summed E-state index contributed by atoms with van der Waals surface area (Å²) in [4.78, 5) is 14.8. The summed E-state index contributed by atoms with van der Waals surface area (Å²) < 4.78 is 48.4. The number of fused-ring (bicyclic) bond motifs is 2. The summed E-state index contributed by atoms with van der Waals surface area (Å²) in [6.45, 7) is 2.65. The number of nitrogens with zero attached hydrogens (tertiary/aromatic N) is 1. The van der Waals surface area contributed by atoms with E-state index >= 15 is 0 Å². The number of carbonyl (C=O) groups excluding carboxylic acids is 1. The van der Waals surface area contributed by atoms with Crippen molar-refractivity contribution in [1.82, 2.24) is 4.90 Å². The van der Waals surface area contributed by atoms with E-state index in [2.05, 4.69) is 0 Å². The third kappa shape index (κ3) is 6.20. The van der Waals surface area contributed by atoms with E-state index in [9.17, 15) is 65.5 Å². The first-order valence-electron chi connectivity index (χ1n) is 14.4. The van der Waals surface area contributed by atoms with Gasteiger partial charge in [0.2, 0.25) is 5.78 Å². The largest absolute Gasteiger partial charge is 0.483 e. The molecule has 4 aliphatic heterocycles. The minimum Gasteiger partial charge on any atom is -0.394 e. The number of likely N-dealkylation sites (N-methyl/N-ethyl adjacent to an activating group) is 1. The second-order valence-electron chi connectivity index (χ2n) is 11.4. The number of aliphatic hydroxyl groups is 11. The van der Waals surface area contributed by atoms with E-state index in [0.717, 1.165) is 0 Å². The minimum absolute atomic E-state index is 0.298. The lowest BCUT2D eigenvalue weighted by Gasteiger charge is -2.45. The predicted octanol–water partition coefficient (Wildman–Crippen LogP) is -6.46. The topological polar surface area (TPSA) is 325 Å². The highest BCUT2D eigenvalue weighted by Crippen LogP contribution is 2.74. The quantitative estimate of drug-likeness (QED) is 0.0798. The van der Waals surface area contributed by atoms with E-state index in [-0.39, 0.29) is 0 Å². The van der Waals surface area contributed by atoms with Crippen LogP contribution in [0.3, 0.4) is 0 Å². The molecule has 4 aliphatic rings. The Morgan fingerprint density at radius 1 is 0.826 bits per heavy atom. The molecule has 4 saturated heterocycles. The van der Waals surface area contributed by atoms with Crippen LogP contribution in [0.15, 0.2) is 0 Å². The number of rotatable bonds is 13. The van der Waals surface area contributed by atoms with Crippen LogP contribution in [0.4, 0.5) is 0 Å². The predicted molar refractivity (Wildman–Crippen MR) is 141 cm³/mol. The summed E-state index contributed by atoms with van der Waals surface area (Å²) in [6.07, 6.45) is -20.1. The summed E-state index contributed by atoms with van der Waals surface area (Å²) in [5.74, 6) is -12.0. The van der Waals surface area contributed by atoms with Crippen LogP contribution in [0, 0.1) is 0 Å². The number of ether oxygens (including phenoxy) is 4. The Morgan fingerprint density at radius 3 is 1.87 bits per heavy atom. The Hall–Kier alpha value is -0.860. The summed E-state index contributed by atoms with van der Waals surface area (Å²) >= 11 is 0. The number of ketones is 1. The van der Waals surface area contributed by atoms with Gasteiger partial charge in [0.05, 0.1) is 25.9 Å². The molecular formula is C24H42NO20P. The molecule has 0 spiro atoms. The van der Waals surface area contributed by atoms with Gasteiger partial charge in [-0.05, 0) is 20.0 Å². The highest BCUT2D eigenvalue weighted by atomic mass is 31.2. The lowest BCUT2D eigenvalue weighted by Crippen LogP contribution is -2.75. The van der Waals surface area contributed by atoms with Gasteiger partial charge in [-0.3, -0.25) is 9.69 Å². The van der Waals surface area contributed by atoms with Gasteiger partial charge >= 0.3 is 7.82 Å². The lowest BCUT2D eigenvalue weighted by molar-refractivity contribution is -0.408. The maximum atomic E-state index is 13.3. The number of phosphoric ester groups is 1. The number of hydrogen-bond acceptors (Lipinski definition) is 21. The van der Waals surface area contributed by atoms with E-state index in [1.165, 1.54) is 11.8 Å². The molecule has 0 amide bonds. The van der Waals surface area contributed by atoms with Gasteiger partial charge in [0.1, 0.15) is 54.9 Å². The molecule has 0 aromatic heterocycles. The molecule has 22 heteroatoms. The first-order valence-corrected chi connectivity index (χ1v) is 15.9. The van der Waals surface area contributed by atoms with Crippen LogP contribution in [0.5, 0.6) is 0 Å². The van der Waals surface area contributed by atoms with Crippen molar-refractivity contribution in [2.75, 3.05) is 32.9 Å². The van der Waals surface area contributed by atoms with Crippen molar-refractivity contribution < 1.29 is 98.1 Å². The van der Waals surface area contributed by atoms with E-state index in [4.69, 9.17) is 32.5 Å². The van der Waals surface area contributed by atoms with Gasteiger partial charge in [0, 0.05) is 0 Å². The molecule has 2 unspecified atom stereocenters. The smallest absolute Gasteiger partial charge is 0.394 e. The van der Waals surface area contributed by atoms with Crippen LogP contribution in [0.1, 0.15) is 20.8 Å². The van der Waals surface area contributed by atoms with Crippen LogP contribution in [-0.2, 0) is 41.9 Å². The summed E-state index contributed by atoms with van der Waals surface area (Å²) in [6, 6.07) is -1.18. The number of phosphoric acid groups is 1. The van der Waals surface area contributed by atoms with Gasteiger partial charge in [0.15, 0.2) is 12.6 Å². The Morgan fingerprint density at radius 2 is 1.35 bits per heavy atom. The molecular weight excluding hydrogens is 653 g/mol. The number of hydrogen-bond donors (Lipinski definition) is 11. The van der Waals surface area contributed by atoms with Crippen LogP contribution >= 0.6 is 7.82 Å². The molecule has 21 nitrogen and oxygen atoms in total. The first kappa shape index (κ1) is 38.0. The van der Waals surface area contributed by atoms with Gasteiger partial charge in [0.25, 0.3) is 17.4 Å². The van der Waals surface area contributed by atoms with Gasteiger partial charge in [-0.1, -0.05) is 13.8 Å². The Balaban J connectivity index is 1.45. The molecule has 4 fully saturated rings. The average Bonchev–Trinajstić information content (AvgIpc) is 3.37. The Kier molecular flexibility index (Phi) is 11.4. The summed E-state index contributed by atoms with van der Waals surface area (Å²) in [5.41, 5.74) is 0. The number of aliphatic hydroxyl groups excluding tert-OH is 8. The van der Waals surface area contributed by atoms with Crippen molar-refractivity contribution in [2.45, 2.75) is 112 Å². The molecule has 0 aromatic carbocycles. The average molecular weight is 696 g/mol. The van der Waals surface area contributed by atoms with Gasteiger partial charge in [-0.25, -0.2) is 18.1 Å². The number of Topliss-reactive ketones (excluding diaryl/α,β-unsaturated/α-hetero) is 1. The maximum Gasteiger partial charge on any atom is 0.483 e. The fourth-order valence-electron chi connectivity index (χ4n) is 5.65. The van der Waals surface area contributed by atoms with Crippen molar-refractivity contribution in [2.24, 2.45) is 0 Å². The second-order valence-corrected chi connectivity index (χ2v) is 12.8. The van der Waals surface area contributed by atoms with Crippen LogP contribution in [0.2, 0.25) is 0 Å². The van der Waals surface area contributed by atoms with E-state index in [1.807, 2.05) is 0 Å².